The lowest BCUT2D eigenvalue weighted by molar-refractivity contribution is -0.105. The van der Waals surface area contributed by atoms with Gasteiger partial charge in [-0.2, -0.15) is 0 Å². The van der Waals surface area contributed by atoms with Crippen LogP contribution in [0.15, 0.2) is 113 Å². The van der Waals surface area contributed by atoms with E-state index in [4.69, 9.17) is 4.99 Å². The van der Waals surface area contributed by atoms with Gasteiger partial charge in [-0.15, -0.1) is 0 Å². The van der Waals surface area contributed by atoms with Crippen molar-refractivity contribution in [2.45, 2.75) is 65.3 Å². The highest BCUT2D eigenvalue weighted by Gasteiger charge is 2.22. The lowest BCUT2D eigenvalue weighted by Gasteiger charge is -2.26. The minimum absolute atomic E-state index is 0.158. The number of amidine groups is 1. The molecule has 4 rings (SSSR count). The first kappa shape index (κ1) is 32.5. The highest BCUT2D eigenvalue weighted by Crippen LogP contribution is 2.31. The van der Waals surface area contributed by atoms with Gasteiger partial charge in [0.2, 0.25) is 0 Å². The predicted octanol–water partition coefficient (Wildman–Crippen LogP) is 7.28. The SMILES string of the molecule is C/C(=C\c1cnccc1C(C)C)C(C)NC(CN(C)C(=N/C=C(\C=O)NCCCc1ccccc1)c1ccccc1)=C1CC1. The molecule has 0 saturated heterocycles. The molecule has 0 amide bonds. The maximum Gasteiger partial charge on any atom is 0.167 e. The molecule has 1 fully saturated rings. The third kappa shape index (κ3) is 9.80. The second kappa shape index (κ2) is 16.4. The number of allylic oxidation sites excluding steroid dienone is 2. The van der Waals surface area contributed by atoms with E-state index >= 15 is 0 Å². The molecule has 0 aliphatic heterocycles. The van der Waals surface area contributed by atoms with Crippen LogP contribution in [0.2, 0.25) is 0 Å². The number of hydrogen-bond acceptors (Lipinski definition) is 5. The second-order valence-corrected chi connectivity index (χ2v) is 11.9. The number of carbonyl (C=O) groups is 1. The van der Waals surface area contributed by atoms with Gasteiger partial charge in [-0.25, -0.2) is 4.99 Å². The minimum atomic E-state index is 0.158. The molecule has 1 aliphatic rings. The number of aryl methyl sites for hydroxylation is 1. The monoisotopic (exact) mass is 589 g/mol. The summed E-state index contributed by atoms with van der Waals surface area (Å²) < 4.78 is 0. The molecule has 1 saturated carbocycles. The number of nitrogens with zero attached hydrogens (tertiary/aromatic N) is 3. The summed E-state index contributed by atoms with van der Waals surface area (Å²) in [5, 5.41) is 7.08. The molecule has 1 atom stereocenters. The summed E-state index contributed by atoms with van der Waals surface area (Å²) in [6.07, 6.45) is 12.7. The van der Waals surface area contributed by atoms with E-state index in [1.54, 1.807) is 6.20 Å². The molecule has 2 N–H and O–H groups in total. The first-order valence-electron chi connectivity index (χ1n) is 15.7. The molecule has 2 aromatic carbocycles. The van der Waals surface area contributed by atoms with Crippen LogP contribution in [-0.2, 0) is 11.2 Å². The fourth-order valence-electron chi connectivity index (χ4n) is 5.14. The standard InChI is InChI=1S/C38H47N5O/c1-28(2)36-20-22-39-24-34(36)23-29(3)30(4)42-37(32-18-19-32)26-43(5)38(33-16-10-7-11-17-33)41-25-35(27-44)40-21-12-15-31-13-8-6-9-14-31/h6-11,13-14,16-17,20,22-25,27-28,30,40,42H,12,15,18-19,21,26H2,1-5H3/b29-23+,35-25+,41-38?. The zero-order valence-corrected chi connectivity index (χ0v) is 26.9. The molecule has 1 heterocycles. The third-order valence-electron chi connectivity index (χ3n) is 7.95. The van der Waals surface area contributed by atoms with E-state index in [1.165, 1.54) is 33.5 Å². The van der Waals surface area contributed by atoms with Crippen LogP contribution in [0.5, 0.6) is 0 Å². The van der Waals surface area contributed by atoms with Crippen LogP contribution in [0, 0.1) is 0 Å². The smallest absolute Gasteiger partial charge is 0.167 e. The normalized spacial score (nSPS) is 14.3. The Morgan fingerprint density at radius 2 is 1.73 bits per heavy atom. The highest BCUT2D eigenvalue weighted by molar-refractivity contribution is 5.99. The molecule has 0 spiro atoms. The number of hydrogen-bond donors (Lipinski definition) is 2. The van der Waals surface area contributed by atoms with Crippen LogP contribution in [0.4, 0.5) is 0 Å². The number of aldehydes is 1. The molecule has 6 heteroatoms. The third-order valence-corrected chi connectivity index (χ3v) is 7.95. The Hall–Kier alpha value is -4.45. The molecule has 6 nitrogen and oxygen atoms in total. The summed E-state index contributed by atoms with van der Waals surface area (Å²) in [7, 11) is 2.07. The maximum atomic E-state index is 11.9. The van der Waals surface area contributed by atoms with E-state index in [0.717, 1.165) is 43.4 Å². The Bertz CT molecular complexity index is 1480. The molecule has 1 aliphatic carbocycles. The van der Waals surface area contributed by atoms with E-state index in [2.05, 4.69) is 104 Å². The molecule has 0 bridgehead atoms. The average molecular weight is 590 g/mol. The topological polar surface area (TPSA) is 69.6 Å². The van der Waals surface area contributed by atoms with E-state index < -0.39 is 0 Å². The van der Waals surface area contributed by atoms with Crippen molar-refractivity contribution in [1.82, 2.24) is 20.5 Å². The molecular formula is C38H47N5O. The molecule has 0 radical (unpaired) electrons. The van der Waals surface area contributed by atoms with Gasteiger partial charge in [0.15, 0.2) is 6.29 Å². The summed E-state index contributed by atoms with van der Waals surface area (Å²) in [4.78, 5) is 23.3. The van der Waals surface area contributed by atoms with Crippen LogP contribution in [0.1, 0.15) is 75.1 Å². The Labute approximate surface area is 263 Å². The largest absolute Gasteiger partial charge is 0.381 e. The number of nitrogens with one attached hydrogen (secondary N) is 2. The van der Waals surface area contributed by atoms with Gasteiger partial charge in [0.05, 0.1) is 18.4 Å². The van der Waals surface area contributed by atoms with Gasteiger partial charge < -0.3 is 15.5 Å². The van der Waals surface area contributed by atoms with Gasteiger partial charge in [-0.1, -0.05) is 86.2 Å². The lowest BCUT2D eigenvalue weighted by atomic mass is 9.97. The van der Waals surface area contributed by atoms with Crippen molar-refractivity contribution in [2.75, 3.05) is 20.1 Å². The van der Waals surface area contributed by atoms with Gasteiger partial charge in [0, 0.05) is 43.3 Å². The van der Waals surface area contributed by atoms with Crippen molar-refractivity contribution in [2.24, 2.45) is 4.99 Å². The molecule has 44 heavy (non-hydrogen) atoms. The van der Waals surface area contributed by atoms with E-state index in [1.807, 2.05) is 36.7 Å². The number of likely N-dealkylation sites (N-methyl/N-ethyl adjacent to an activating group) is 1. The van der Waals surface area contributed by atoms with E-state index in [9.17, 15) is 4.79 Å². The zero-order chi connectivity index (χ0) is 31.3. The minimum Gasteiger partial charge on any atom is -0.381 e. The van der Waals surface area contributed by atoms with Crippen LogP contribution in [0.3, 0.4) is 0 Å². The van der Waals surface area contributed by atoms with Crippen molar-refractivity contribution in [1.29, 1.82) is 0 Å². The van der Waals surface area contributed by atoms with Crippen molar-refractivity contribution in [3.05, 3.63) is 130 Å². The average Bonchev–Trinajstić information content (AvgIpc) is 3.89. The van der Waals surface area contributed by atoms with E-state index in [-0.39, 0.29) is 6.04 Å². The molecule has 1 aromatic heterocycles. The summed E-state index contributed by atoms with van der Waals surface area (Å²) in [6.45, 7) is 10.2. The van der Waals surface area contributed by atoms with Crippen LogP contribution in [0.25, 0.3) is 6.08 Å². The fraction of sp³-hybridized carbons (Fsp3) is 0.342. The van der Waals surface area contributed by atoms with Crippen LogP contribution in [-0.4, -0.2) is 48.2 Å². The number of aliphatic imine (C=N–C) groups is 1. The summed E-state index contributed by atoms with van der Waals surface area (Å²) in [5.74, 6) is 1.25. The summed E-state index contributed by atoms with van der Waals surface area (Å²) in [5.41, 5.74) is 9.22. The number of rotatable bonds is 15. The fourth-order valence-corrected chi connectivity index (χ4v) is 5.14. The number of carbonyl (C=O) groups excluding carboxylic acids is 1. The van der Waals surface area contributed by atoms with Crippen molar-refractivity contribution in [3.63, 3.8) is 0 Å². The first-order valence-corrected chi connectivity index (χ1v) is 15.7. The van der Waals surface area contributed by atoms with Gasteiger partial charge in [0.1, 0.15) is 5.84 Å². The van der Waals surface area contributed by atoms with Gasteiger partial charge in [-0.3, -0.25) is 9.78 Å². The predicted molar refractivity (Wildman–Crippen MR) is 183 cm³/mol. The molecule has 3 aromatic rings. The van der Waals surface area contributed by atoms with Gasteiger partial charge >= 0.3 is 0 Å². The van der Waals surface area contributed by atoms with Crippen LogP contribution >= 0.6 is 0 Å². The second-order valence-electron chi connectivity index (χ2n) is 11.9. The number of aromatic nitrogens is 1. The molecule has 230 valence electrons. The Kier molecular flexibility index (Phi) is 12.1. The summed E-state index contributed by atoms with van der Waals surface area (Å²) in [6, 6.07) is 22.8. The quantitative estimate of drug-likeness (QED) is 0.0641. The first-order chi connectivity index (χ1) is 21.4. The Morgan fingerprint density at radius 1 is 1.02 bits per heavy atom. The van der Waals surface area contributed by atoms with Crippen molar-refractivity contribution in [3.8, 4) is 0 Å². The van der Waals surface area contributed by atoms with Crippen LogP contribution < -0.4 is 10.6 Å². The zero-order valence-electron chi connectivity index (χ0n) is 26.9. The molecular weight excluding hydrogens is 542 g/mol. The number of benzene rings is 2. The molecule has 1 unspecified atom stereocenters. The Balaban J connectivity index is 1.46. The van der Waals surface area contributed by atoms with Crippen molar-refractivity contribution < 1.29 is 4.79 Å². The lowest BCUT2D eigenvalue weighted by Crippen LogP contribution is -2.36. The maximum absolute atomic E-state index is 11.9. The number of pyridine rings is 1. The highest BCUT2D eigenvalue weighted by atomic mass is 16.1. The Morgan fingerprint density at radius 3 is 2.39 bits per heavy atom. The van der Waals surface area contributed by atoms with E-state index in [0.29, 0.717) is 24.7 Å². The summed E-state index contributed by atoms with van der Waals surface area (Å²) >= 11 is 0. The van der Waals surface area contributed by atoms with Gasteiger partial charge in [-0.05, 0) is 73.8 Å². The van der Waals surface area contributed by atoms with Crippen molar-refractivity contribution >= 4 is 18.2 Å². The van der Waals surface area contributed by atoms with Gasteiger partial charge in [0.25, 0.3) is 0 Å².